The Bertz CT molecular complexity index is 492. The summed E-state index contributed by atoms with van der Waals surface area (Å²) >= 11 is 0. The van der Waals surface area contributed by atoms with E-state index in [0.29, 0.717) is 0 Å². The number of para-hydroxylation sites is 2. The standard InChI is InChI=1S/C18H20N2/c1-2-3-4-11-16-19-20(17-12-7-5-8-13-17)18-14-9-6-10-15-18/h2,5-10,12-16H,1,3-4,11H2/b19-16+. The van der Waals surface area contributed by atoms with E-state index in [1.807, 2.05) is 53.7 Å². The first-order valence-corrected chi connectivity index (χ1v) is 6.95. The molecule has 0 amide bonds. The molecule has 20 heavy (non-hydrogen) atoms. The van der Waals surface area contributed by atoms with Crippen LogP contribution in [0.15, 0.2) is 78.4 Å². The van der Waals surface area contributed by atoms with Crippen LogP contribution >= 0.6 is 0 Å². The largest absolute Gasteiger partial charge is 0.234 e. The lowest BCUT2D eigenvalue weighted by atomic mass is 10.2. The molecule has 0 saturated heterocycles. The summed E-state index contributed by atoms with van der Waals surface area (Å²) in [6.07, 6.45) is 7.00. The van der Waals surface area contributed by atoms with Crippen molar-refractivity contribution in [3.05, 3.63) is 73.3 Å². The number of unbranched alkanes of at least 4 members (excludes halogenated alkanes) is 2. The van der Waals surface area contributed by atoms with Crippen LogP contribution in [0.2, 0.25) is 0 Å². The third kappa shape index (κ3) is 4.09. The highest BCUT2D eigenvalue weighted by molar-refractivity contribution is 5.67. The predicted octanol–water partition coefficient (Wildman–Crippen LogP) is 5.17. The molecule has 0 aliphatic rings. The van der Waals surface area contributed by atoms with E-state index in [4.69, 9.17) is 0 Å². The van der Waals surface area contributed by atoms with Crippen LogP contribution in [0.25, 0.3) is 0 Å². The number of rotatable bonds is 7. The Balaban J connectivity index is 2.15. The summed E-state index contributed by atoms with van der Waals surface area (Å²) < 4.78 is 0. The Hall–Kier alpha value is -2.35. The highest BCUT2D eigenvalue weighted by Crippen LogP contribution is 2.24. The maximum Gasteiger partial charge on any atom is 0.0652 e. The Kier molecular flexibility index (Phi) is 5.59. The summed E-state index contributed by atoms with van der Waals surface area (Å²) in [6, 6.07) is 20.4. The molecule has 0 unspecified atom stereocenters. The van der Waals surface area contributed by atoms with Gasteiger partial charge < -0.3 is 0 Å². The van der Waals surface area contributed by atoms with Crippen molar-refractivity contribution >= 4 is 17.6 Å². The number of anilines is 2. The van der Waals surface area contributed by atoms with Crippen LogP contribution < -0.4 is 5.01 Å². The number of hydrazone groups is 1. The molecule has 0 bridgehead atoms. The lowest BCUT2D eigenvalue weighted by molar-refractivity contribution is 0.899. The molecule has 2 heteroatoms. The molecule has 0 heterocycles. The van der Waals surface area contributed by atoms with E-state index in [9.17, 15) is 0 Å². The highest BCUT2D eigenvalue weighted by Gasteiger charge is 2.05. The molecule has 0 fully saturated rings. The van der Waals surface area contributed by atoms with Gasteiger partial charge in [0.15, 0.2) is 0 Å². The second-order valence-electron chi connectivity index (χ2n) is 4.50. The van der Waals surface area contributed by atoms with Gasteiger partial charge in [-0.15, -0.1) is 6.58 Å². The molecule has 0 aromatic heterocycles. The fourth-order valence-corrected chi connectivity index (χ4v) is 1.91. The van der Waals surface area contributed by atoms with Crippen LogP contribution in [0.5, 0.6) is 0 Å². The minimum Gasteiger partial charge on any atom is -0.234 e. The fraction of sp³-hybridized carbons (Fsp3) is 0.167. The SMILES string of the molecule is C=CCCC/C=N/N(c1ccccc1)c1ccccc1. The van der Waals surface area contributed by atoms with Gasteiger partial charge in [-0.05, 0) is 43.5 Å². The molecule has 2 rings (SSSR count). The van der Waals surface area contributed by atoms with Gasteiger partial charge in [-0.2, -0.15) is 5.10 Å². The van der Waals surface area contributed by atoms with Crippen molar-refractivity contribution in [2.45, 2.75) is 19.3 Å². The van der Waals surface area contributed by atoms with Gasteiger partial charge in [-0.3, -0.25) is 0 Å². The van der Waals surface area contributed by atoms with E-state index in [1.165, 1.54) is 0 Å². The van der Waals surface area contributed by atoms with E-state index in [-0.39, 0.29) is 0 Å². The summed E-state index contributed by atoms with van der Waals surface area (Å²) in [5.74, 6) is 0. The maximum atomic E-state index is 4.61. The summed E-state index contributed by atoms with van der Waals surface area (Å²) in [7, 11) is 0. The molecule has 0 aliphatic carbocycles. The van der Waals surface area contributed by atoms with Crippen LogP contribution in [0.1, 0.15) is 19.3 Å². The first-order valence-electron chi connectivity index (χ1n) is 6.95. The normalized spacial score (nSPS) is 10.6. The maximum absolute atomic E-state index is 4.61. The average molecular weight is 264 g/mol. The van der Waals surface area contributed by atoms with Gasteiger partial charge in [0.1, 0.15) is 0 Å². The molecule has 2 aromatic carbocycles. The monoisotopic (exact) mass is 264 g/mol. The van der Waals surface area contributed by atoms with Gasteiger partial charge >= 0.3 is 0 Å². The van der Waals surface area contributed by atoms with E-state index >= 15 is 0 Å². The van der Waals surface area contributed by atoms with Crippen molar-refractivity contribution in [2.24, 2.45) is 5.10 Å². The molecular formula is C18H20N2. The van der Waals surface area contributed by atoms with Gasteiger partial charge in [0.05, 0.1) is 11.4 Å². The van der Waals surface area contributed by atoms with Crippen LogP contribution in [0.3, 0.4) is 0 Å². The zero-order valence-corrected chi connectivity index (χ0v) is 11.7. The van der Waals surface area contributed by atoms with Crippen molar-refractivity contribution in [2.75, 3.05) is 5.01 Å². The van der Waals surface area contributed by atoms with Gasteiger partial charge in [0.2, 0.25) is 0 Å². The zero-order chi connectivity index (χ0) is 14.0. The second-order valence-corrected chi connectivity index (χ2v) is 4.50. The summed E-state index contributed by atoms with van der Waals surface area (Å²) in [5.41, 5.74) is 2.14. The minimum atomic E-state index is 0.961. The zero-order valence-electron chi connectivity index (χ0n) is 11.7. The first kappa shape index (κ1) is 14.1. The summed E-state index contributed by atoms with van der Waals surface area (Å²) in [6.45, 7) is 3.73. The van der Waals surface area contributed by atoms with Crippen molar-refractivity contribution in [1.29, 1.82) is 0 Å². The van der Waals surface area contributed by atoms with E-state index < -0.39 is 0 Å². The number of allylic oxidation sites excluding steroid dienone is 1. The van der Waals surface area contributed by atoms with Crippen molar-refractivity contribution in [1.82, 2.24) is 0 Å². The Morgan fingerprint density at radius 2 is 1.40 bits per heavy atom. The Morgan fingerprint density at radius 3 is 1.90 bits per heavy atom. The lowest BCUT2D eigenvalue weighted by Gasteiger charge is -2.19. The smallest absolute Gasteiger partial charge is 0.0652 e. The quantitative estimate of drug-likeness (QED) is 0.291. The summed E-state index contributed by atoms with van der Waals surface area (Å²) in [5, 5.41) is 6.58. The van der Waals surface area contributed by atoms with Gasteiger partial charge in [0.25, 0.3) is 0 Å². The van der Waals surface area contributed by atoms with Crippen molar-refractivity contribution in [3.63, 3.8) is 0 Å². The number of hydrogen-bond donors (Lipinski definition) is 0. The van der Waals surface area contributed by atoms with Gasteiger partial charge in [0, 0.05) is 6.21 Å². The fourth-order valence-electron chi connectivity index (χ4n) is 1.91. The molecule has 0 saturated carbocycles. The van der Waals surface area contributed by atoms with Crippen LogP contribution in [0, 0.1) is 0 Å². The molecule has 0 radical (unpaired) electrons. The van der Waals surface area contributed by atoms with E-state index in [0.717, 1.165) is 30.6 Å². The molecular weight excluding hydrogens is 244 g/mol. The minimum absolute atomic E-state index is 0.961. The molecule has 0 atom stereocenters. The average Bonchev–Trinajstić information content (AvgIpc) is 2.53. The third-order valence-electron chi connectivity index (χ3n) is 2.94. The molecule has 0 aliphatic heterocycles. The van der Waals surface area contributed by atoms with Gasteiger partial charge in [-0.1, -0.05) is 42.5 Å². The number of nitrogens with zero attached hydrogens (tertiary/aromatic N) is 2. The number of hydrogen-bond acceptors (Lipinski definition) is 2. The predicted molar refractivity (Wildman–Crippen MR) is 87.6 cm³/mol. The molecule has 2 nitrogen and oxygen atoms in total. The molecule has 0 N–H and O–H groups in total. The molecule has 2 aromatic rings. The topological polar surface area (TPSA) is 15.6 Å². The van der Waals surface area contributed by atoms with Crippen LogP contribution in [-0.4, -0.2) is 6.21 Å². The van der Waals surface area contributed by atoms with Gasteiger partial charge in [-0.25, -0.2) is 5.01 Å². The highest BCUT2D eigenvalue weighted by atomic mass is 15.5. The van der Waals surface area contributed by atoms with Crippen molar-refractivity contribution < 1.29 is 0 Å². The van der Waals surface area contributed by atoms with Crippen molar-refractivity contribution in [3.8, 4) is 0 Å². The molecule has 102 valence electrons. The lowest BCUT2D eigenvalue weighted by Crippen LogP contribution is -2.08. The van der Waals surface area contributed by atoms with Crippen LogP contribution in [0.4, 0.5) is 11.4 Å². The number of benzene rings is 2. The van der Waals surface area contributed by atoms with E-state index in [1.54, 1.807) is 0 Å². The Labute approximate surface area is 121 Å². The third-order valence-corrected chi connectivity index (χ3v) is 2.94. The first-order chi connectivity index (χ1) is 9.92. The Morgan fingerprint density at radius 1 is 0.850 bits per heavy atom. The second kappa shape index (κ2) is 7.95. The van der Waals surface area contributed by atoms with Crippen LogP contribution in [-0.2, 0) is 0 Å². The van der Waals surface area contributed by atoms with E-state index in [2.05, 4.69) is 35.9 Å². The summed E-state index contributed by atoms with van der Waals surface area (Å²) in [4.78, 5) is 0. The molecule has 0 spiro atoms.